The Balaban J connectivity index is 1.78. The SMILES string of the molecule is Cc1cc(C(=O)Nc2ccc(O)cc2)cc(C(=O)Nc2ccc(O)cc2)c1. The number of anilines is 2. The molecule has 0 aliphatic rings. The lowest BCUT2D eigenvalue weighted by Gasteiger charge is -2.10. The highest BCUT2D eigenvalue weighted by molar-refractivity contribution is 6.09. The van der Waals surface area contributed by atoms with E-state index in [2.05, 4.69) is 10.6 Å². The van der Waals surface area contributed by atoms with Crippen LogP contribution in [0.1, 0.15) is 26.3 Å². The summed E-state index contributed by atoms with van der Waals surface area (Å²) in [6.45, 7) is 1.80. The first-order valence-corrected chi connectivity index (χ1v) is 8.23. The van der Waals surface area contributed by atoms with Crippen LogP contribution < -0.4 is 10.6 Å². The average Bonchev–Trinajstić information content (AvgIpc) is 2.65. The molecule has 3 aromatic carbocycles. The molecule has 0 radical (unpaired) electrons. The van der Waals surface area contributed by atoms with Crippen LogP contribution in [-0.4, -0.2) is 22.0 Å². The molecule has 0 saturated carbocycles. The third-order valence-electron chi connectivity index (χ3n) is 3.85. The van der Waals surface area contributed by atoms with Crippen molar-refractivity contribution in [1.29, 1.82) is 0 Å². The van der Waals surface area contributed by atoms with E-state index in [0.717, 1.165) is 5.56 Å². The Hall–Kier alpha value is -3.80. The first-order valence-electron chi connectivity index (χ1n) is 8.23. The fourth-order valence-corrected chi connectivity index (χ4v) is 2.54. The van der Waals surface area contributed by atoms with Crippen LogP contribution in [0.5, 0.6) is 11.5 Å². The fraction of sp³-hybridized carbons (Fsp3) is 0.0476. The highest BCUT2D eigenvalue weighted by atomic mass is 16.3. The second-order valence-corrected chi connectivity index (χ2v) is 6.09. The van der Waals surface area contributed by atoms with Gasteiger partial charge in [-0.3, -0.25) is 9.59 Å². The monoisotopic (exact) mass is 362 g/mol. The van der Waals surface area contributed by atoms with Gasteiger partial charge < -0.3 is 20.8 Å². The van der Waals surface area contributed by atoms with E-state index in [0.29, 0.717) is 22.5 Å². The van der Waals surface area contributed by atoms with Crippen molar-refractivity contribution < 1.29 is 19.8 Å². The minimum Gasteiger partial charge on any atom is -0.508 e. The maximum Gasteiger partial charge on any atom is 0.255 e. The van der Waals surface area contributed by atoms with E-state index >= 15 is 0 Å². The van der Waals surface area contributed by atoms with Gasteiger partial charge >= 0.3 is 0 Å². The molecule has 0 saturated heterocycles. The average molecular weight is 362 g/mol. The number of carbonyl (C=O) groups is 2. The molecule has 0 aliphatic carbocycles. The van der Waals surface area contributed by atoms with E-state index in [4.69, 9.17) is 0 Å². The molecule has 6 nitrogen and oxygen atoms in total. The molecule has 0 bridgehead atoms. The van der Waals surface area contributed by atoms with Gasteiger partial charge in [-0.05, 0) is 79.2 Å². The molecule has 0 fully saturated rings. The third kappa shape index (κ3) is 4.64. The van der Waals surface area contributed by atoms with Crippen molar-refractivity contribution in [1.82, 2.24) is 0 Å². The Bertz CT molecular complexity index is 902. The highest BCUT2D eigenvalue weighted by Crippen LogP contribution is 2.18. The van der Waals surface area contributed by atoms with E-state index in [1.54, 1.807) is 43.3 Å². The number of rotatable bonds is 4. The Morgan fingerprint density at radius 1 is 0.667 bits per heavy atom. The van der Waals surface area contributed by atoms with Crippen LogP contribution in [0, 0.1) is 6.92 Å². The molecule has 4 N–H and O–H groups in total. The quantitative estimate of drug-likeness (QED) is 0.529. The van der Waals surface area contributed by atoms with Crippen LogP contribution in [0.25, 0.3) is 0 Å². The molecule has 0 unspecified atom stereocenters. The van der Waals surface area contributed by atoms with Crippen molar-refractivity contribution in [2.24, 2.45) is 0 Å². The van der Waals surface area contributed by atoms with Crippen molar-refractivity contribution in [2.75, 3.05) is 10.6 Å². The maximum absolute atomic E-state index is 12.5. The number of aryl methyl sites for hydroxylation is 1. The molecule has 136 valence electrons. The van der Waals surface area contributed by atoms with Crippen LogP contribution in [0.2, 0.25) is 0 Å². The van der Waals surface area contributed by atoms with E-state index in [-0.39, 0.29) is 23.3 Å². The summed E-state index contributed by atoms with van der Waals surface area (Å²) in [5.41, 5.74) is 2.53. The summed E-state index contributed by atoms with van der Waals surface area (Å²) in [6, 6.07) is 17.1. The summed E-state index contributed by atoms with van der Waals surface area (Å²) in [7, 11) is 0. The molecular weight excluding hydrogens is 344 g/mol. The first-order chi connectivity index (χ1) is 12.9. The van der Waals surface area contributed by atoms with E-state index < -0.39 is 0 Å². The molecule has 3 aromatic rings. The zero-order chi connectivity index (χ0) is 19.4. The largest absolute Gasteiger partial charge is 0.508 e. The molecular formula is C21H18N2O4. The molecule has 0 heterocycles. The van der Waals surface area contributed by atoms with Gasteiger partial charge in [-0.1, -0.05) is 0 Å². The van der Waals surface area contributed by atoms with Gasteiger partial charge in [0.05, 0.1) is 0 Å². The molecule has 2 amide bonds. The Kier molecular flexibility index (Phi) is 5.08. The molecule has 6 heteroatoms. The summed E-state index contributed by atoms with van der Waals surface area (Å²) in [5.74, 6) is -0.500. The van der Waals surface area contributed by atoms with Crippen LogP contribution in [0.3, 0.4) is 0 Å². The molecule has 0 atom stereocenters. The predicted octanol–water partition coefficient (Wildman–Crippen LogP) is 3.91. The van der Waals surface area contributed by atoms with Gasteiger partial charge in [-0.25, -0.2) is 0 Å². The topological polar surface area (TPSA) is 98.7 Å². The predicted molar refractivity (Wildman–Crippen MR) is 103 cm³/mol. The van der Waals surface area contributed by atoms with Crippen molar-refractivity contribution in [2.45, 2.75) is 6.92 Å². The van der Waals surface area contributed by atoms with Crippen molar-refractivity contribution in [3.63, 3.8) is 0 Å². The number of phenols is 2. The van der Waals surface area contributed by atoms with Gasteiger partial charge in [0.2, 0.25) is 0 Å². The minimum atomic E-state index is -0.358. The number of nitrogens with one attached hydrogen (secondary N) is 2. The molecule has 0 spiro atoms. The van der Waals surface area contributed by atoms with E-state index in [9.17, 15) is 19.8 Å². The summed E-state index contributed by atoms with van der Waals surface area (Å²) >= 11 is 0. The van der Waals surface area contributed by atoms with Crippen LogP contribution >= 0.6 is 0 Å². The number of aromatic hydroxyl groups is 2. The number of hydrogen-bond acceptors (Lipinski definition) is 4. The number of carbonyl (C=O) groups excluding carboxylic acids is 2. The van der Waals surface area contributed by atoms with Crippen LogP contribution in [0.15, 0.2) is 66.7 Å². The second kappa shape index (κ2) is 7.61. The number of phenolic OH excluding ortho intramolecular Hbond substituents is 2. The zero-order valence-corrected chi connectivity index (χ0v) is 14.6. The summed E-state index contributed by atoms with van der Waals surface area (Å²) < 4.78 is 0. The van der Waals surface area contributed by atoms with Gasteiger partial charge in [-0.2, -0.15) is 0 Å². The highest BCUT2D eigenvalue weighted by Gasteiger charge is 2.13. The third-order valence-corrected chi connectivity index (χ3v) is 3.85. The second-order valence-electron chi connectivity index (χ2n) is 6.09. The van der Waals surface area contributed by atoms with E-state index in [1.807, 2.05) is 0 Å². The van der Waals surface area contributed by atoms with Crippen molar-refractivity contribution in [3.8, 4) is 11.5 Å². The molecule has 0 aliphatic heterocycles. The fourth-order valence-electron chi connectivity index (χ4n) is 2.54. The normalized spacial score (nSPS) is 10.3. The minimum absolute atomic E-state index is 0.108. The van der Waals surface area contributed by atoms with Crippen molar-refractivity contribution >= 4 is 23.2 Å². The molecule has 0 aromatic heterocycles. The summed E-state index contributed by atoms with van der Waals surface area (Å²) in [5, 5.41) is 24.1. The summed E-state index contributed by atoms with van der Waals surface area (Å²) in [4.78, 5) is 25.0. The smallest absolute Gasteiger partial charge is 0.255 e. The first kappa shape index (κ1) is 18.0. The number of amides is 2. The lowest BCUT2D eigenvalue weighted by atomic mass is 10.0. The Morgan fingerprint density at radius 2 is 1.04 bits per heavy atom. The lowest BCUT2D eigenvalue weighted by Crippen LogP contribution is -2.16. The van der Waals surface area contributed by atoms with Crippen molar-refractivity contribution in [3.05, 3.63) is 83.4 Å². The van der Waals surface area contributed by atoms with Gasteiger partial charge in [0, 0.05) is 22.5 Å². The van der Waals surface area contributed by atoms with Crippen LogP contribution in [0.4, 0.5) is 11.4 Å². The maximum atomic E-state index is 12.5. The van der Waals surface area contributed by atoms with Gasteiger partial charge in [0.1, 0.15) is 11.5 Å². The number of benzene rings is 3. The van der Waals surface area contributed by atoms with Gasteiger partial charge in [-0.15, -0.1) is 0 Å². The summed E-state index contributed by atoms with van der Waals surface area (Å²) in [6.07, 6.45) is 0. The van der Waals surface area contributed by atoms with Crippen LogP contribution in [-0.2, 0) is 0 Å². The lowest BCUT2D eigenvalue weighted by molar-refractivity contribution is 0.102. The van der Waals surface area contributed by atoms with E-state index in [1.165, 1.54) is 30.3 Å². The number of hydrogen-bond donors (Lipinski definition) is 4. The Morgan fingerprint density at radius 3 is 1.41 bits per heavy atom. The molecule has 3 rings (SSSR count). The molecule has 27 heavy (non-hydrogen) atoms. The van der Waals surface area contributed by atoms with Gasteiger partial charge in [0.25, 0.3) is 11.8 Å². The van der Waals surface area contributed by atoms with Gasteiger partial charge in [0.15, 0.2) is 0 Å². The zero-order valence-electron chi connectivity index (χ0n) is 14.6. The standard InChI is InChI=1S/C21H18N2O4/c1-13-10-14(20(26)22-16-2-6-18(24)7-3-16)12-15(11-13)21(27)23-17-4-8-19(25)9-5-17/h2-12,24-25H,1H3,(H,22,26)(H,23,27). The Labute approximate surface area is 156 Å².